The van der Waals surface area contributed by atoms with Crippen LogP contribution in [0.4, 0.5) is 0 Å². The van der Waals surface area contributed by atoms with Gasteiger partial charge in [0, 0.05) is 18.0 Å². The van der Waals surface area contributed by atoms with Crippen molar-refractivity contribution < 1.29 is 0 Å². The largest absolute Gasteiger partial charge is 0.370 e. The van der Waals surface area contributed by atoms with Gasteiger partial charge in [0.05, 0.1) is 0 Å². The van der Waals surface area contributed by atoms with Crippen LogP contribution in [-0.2, 0) is 0 Å². The average Bonchev–Trinajstić information content (AvgIpc) is 2.40. The predicted octanol–water partition coefficient (Wildman–Crippen LogP) is 2.87. The fourth-order valence-electron chi connectivity index (χ4n) is 1.42. The van der Waals surface area contributed by atoms with Crippen molar-refractivity contribution in [2.75, 3.05) is 18.8 Å². The fraction of sp³-hybridized carbons (Fsp3) is 0.500. The molecule has 0 unspecified atom stereocenters. The van der Waals surface area contributed by atoms with Crippen LogP contribution < -0.4 is 11.1 Å². The Labute approximate surface area is 114 Å². The zero-order valence-electron chi connectivity index (χ0n) is 11.1. The Morgan fingerprint density at radius 1 is 1.28 bits per heavy atom. The number of benzene rings is 1. The van der Waals surface area contributed by atoms with E-state index in [4.69, 9.17) is 5.73 Å². The standard InChI is InChI=1S/C14H23N3S/c1-2-3-10-16-14(15)17-11-7-12-18-13-8-5-4-6-9-13/h4-6,8-9H,2-3,7,10-12H2,1H3,(H3,15,16,17). The van der Waals surface area contributed by atoms with Gasteiger partial charge < -0.3 is 11.1 Å². The maximum atomic E-state index is 5.74. The number of hydrogen-bond acceptors (Lipinski definition) is 2. The van der Waals surface area contributed by atoms with Crippen LogP contribution in [0.3, 0.4) is 0 Å². The van der Waals surface area contributed by atoms with E-state index >= 15 is 0 Å². The molecule has 0 fully saturated rings. The molecule has 0 saturated heterocycles. The molecular weight excluding hydrogens is 242 g/mol. The summed E-state index contributed by atoms with van der Waals surface area (Å²) in [5.41, 5.74) is 5.74. The third kappa shape index (κ3) is 7.22. The lowest BCUT2D eigenvalue weighted by Gasteiger charge is -2.04. The van der Waals surface area contributed by atoms with Gasteiger partial charge in [-0.25, -0.2) is 0 Å². The van der Waals surface area contributed by atoms with Gasteiger partial charge in [-0.3, -0.25) is 4.99 Å². The number of thioether (sulfide) groups is 1. The number of hydrogen-bond donors (Lipinski definition) is 2. The second kappa shape index (κ2) is 9.83. The van der Waals surface area contributed by atoms with E-state index in [0.717, 1.165) is 31.7 Å². The lowest BCUT2D eigenvalue weighted by molar-refractivity contribution is 0.747. The van der Waals surface area contributed by atoms with E-state index in [-0.39, 0.29) is 0 Å². The van der Waals surface area contributed by atoms with Crippen LogP contribution in [0.2, 0.25) is 0 Å². The third-order valence-electron chi connectivity index (χ3n) is 2.43. The highest BCUT2D eigenvalue weighted by Gasteiger charge is 1.93. The topological polar surface area (TPSA) is 50.4 Å². The Morgan fingerprint density at radius 2 is 2.06 bits per heavy atom. The molecular formula is C14H23N3S. The summed E-state index contributed by atoms with van der Waals surface area (Å²) in [6, 6.07) is 10.4. The van der Waals surface area contributed by atoms with E-state index in [2.05, 4.69) is 41.5 Å². The second-order valence-corrected chi connectivity index (χ2v) is 5.23. The summed E-state index contributed by atoms with van der Waals surface area (Å²) in [4.78, 5) is 5.61. The van der Waals surface area contributed by atoms with Gasteiger partial charge in [-0.2, -0.15) is 0 Å². The number of guanidine groups is 1. The van der Waals surface area contributed by atoms with E-state index < -0.39 is 0 Å². The number of nitrogens with one attached hydrogen (secondary N) is 1. The molecule has 0 atom stereocenters. The highest BCUT2D eigenvalue weighted by atomic mass is 32.2. The van der Waals surface area contributed by atoms with E-state index in [0.29, 0.717) is 5.96 Å². The molecule has 3 nitrogen and oxygen atoms in total. The minimum atomic E-state index is 0.577. The van der Waals surface area contributed by atoms with Crippen molar-refractivity contribution >= 4 is 17.7 Å². The molecule has 0 saturated carbocycles. The Hall–Kier alpha value is -1.16. The lowest BCUT2D eigenvalue weighted by atomic mass is 10.3. The molecule has 0 heterocycles. The first-order valence-electron chi connectivity index (χ1n) is 6.54. The molecule has 1 aromatic carbocycles. The van der Waals surface area contributed by atoms with Crippen LogP contribution in [0.25, 0.3) is 0 Å². The molecule has 1 aromatic rings. The first-order chi connectivity index (χ1) is 8.83. The summed E-state index contributed by atoms with van der Waals surface area (Å²) in [5, 5.41) is 3.11. The van der Waals surface area contributed by atoms with E-state index in [1.165, 1.54) is 11.3 Å². The Morgan fingerprint density at radius 3 is 2.78 bits per heavy atom. The quantitative estimate of drug-likeness (QED) is 0.329. The first-order valence-corrected chi connectivity index (χ1v) is 7.53. The van der Waals surface area contributed by atoms with Crippen LogP contribution >= 0.6 is 11.8 Å². The summed E-state index contributed by atoms with van der Waals surface area (Å²) in [6.07, 6.45) is 3.36. The van der Waals surface area contributed by atoms with Crippen molar-refractivity contribution in [1.29, 1.82) is 0 Å². The molecule has 0 aliphatic rings. The van der Waals surface area contributed by atoms with Crippen molar-refractivity contribution in [3.63, 3.8) is 0 Å². The summed E-state index contributed by atoms with van der Waals surface area (Å²) in [6.45, 7) is 3.88. The number of rotatable bonds is 8. The van der Waals surface area contributed by atoms with Gasteiger partial charge in [-0.1, -0.05) is 31.5 Å². The average molecular weight is 265 g/mol. The summed E-state index contributed by atoms with van der Waals surface area (Å²) in [5.74, 6) is 1.66. The minimum Gasteiger partial charge on any atom is -0.370 e. The molecule has 1 rings (SSSR count). The molecule has 0 spiro atoms. The van der Waals surface area contributed by atoms with Gasteiger partial charge >= 0.3 is 0 Å². The maximum absolute atomic E-state index is 5.74. The van der Waals surface area contributed by atoms with Crippen LogP contribution in [0.15, 0.2) is 40.2 Å². The monoisotopic (exact) mass is 265 g/mol. The zero-order chi connectivity index (χ0) is 13.1. The molecule has 100 valence electrons. The van der Waals surface area contributed by atoms with Gasteiger partial charge in [0.25, 0.3) is 0 Å². The second-order valence-electron chi connectivity index (χ2n) is 4.06. The lowest BCUT2D eigenvalue weighted by Crippen LogP contribution is -2.32. The molecule has 3 N–H and O–H groups in total. The van der Waals surface area contributed by atoms with Crippen molar-refractivity contribution in [3.05, 3.63) is 30.3 Å². The molecule has 0 aliphatic heterocycles. The highest BCUT2D eigenvalue weighted by Crippen LogP contribution is 2.17. The Kier molecular flexibility index (Phi) is 8.13. The molecule has 0 aromatic heterocycles. The van der Waals surface area contributed by atoms with E-state index in [1.54, 1.807) is 0 Å². The molecule has 0 radical (unpaired) electrons. The molecule has 0 amide bonds. The van der Waals surface area contributed by atoms with Gasteiger partial charge in [0.1, 0.15) is 0 Å². The van der Waals surface area contributed by atoms with Crippen LogP contribution in [-0.4, -0.2) is 24.8 Å². The fourth-order valence-corrected chi connectivity index (χ4v) is 2.28. The molecule has 4 heteroatoms. The number of unbranched alkanes of at least 4 members (excludes halogenated alkanes) is 1. The van der Waals surface area contributed by atoms with Gasteiger partial charge in [0.15, 0.2) is 5.96 Å². The van der Waals surface area contributed by atoms with Gasteiger partial charge in [-0.15, -0.1) is 11.8 Å². The smallest absolute Gasteiger partial charge is 0.188 e. The Bertz CT molecular complexity index is 338. The molecule has 0 bridgehead atoms. The van der Waals surface area contributed by atoms with Crippen LogP contribution in [0.1, 0.15) is 26.2 Å². The normalized spacial score (nSPS) is 11.5. The SMILES string of the molecule is CCCCNC(N)=NCCCSc1ccccc1. The predicted molar refractivity (Wildman–Crippen MR) is 81.2 cm³/mol. The van der Waals surface area contributed by atoms with E-state index in [1.807, 2.05) is 17.8 Å². The summed E-state index contributed by atoms with van der Waals surface area (Å²) in [7, 11) is 0. The molecule has 18 heavy (non-hydrogen) atoms. The minimum absolute atomic E-state index is 0.577. The van der Waals surface area contributed by atoms with Gasteiger partial charge in [-0.05, 0) is 30.7 Å². The zero-order valence-corrected chi connectivity index (χ0v) is 11.9. The van der Waals surface area contributed by atoms with Crippen molar-refractivity contribution in [3.8, 4) is 0 Å². The van der Waals surface area contributed by atoms with Crippen molar-refractivity contribution in [2.24, 2.45) is 10.7 Å². The Balaban J connectivity index is 2.05. The number of nitrogens with zero attached hydrogens (tertiary/aromatic N) is 1. The maximum Gasteiger partial charge on any atom is 0.188 e. The number of aliphatic imine (C=N–C) groups is 1. The van der Waals surface area contributed by atoms with Crippen LogP contribution in [0, 0.1) is 0 Å². The van der Waals surface area contributed by atoms with Crippen molar-refractivity contribution in [2.45, 2.75) is 31.1 Å². The third-order valence-corrected chi connectivity index (χ3v) is 3.53. The van der Waals surface area contributed by atoms with E-state index in [9.17, 15) is 0 Å². The van der Waals surface area contributed by atoms with Crippen LogP contribution in [0.5, 0.6) is 0 Å². The van der Waals surface area contributed by atoms with Crippen molar-refractivity contribution in [1.82, 2.24) is 5.32 Å². The highest BCUT2D eigenvalue weighted by molar-refractivity contribution is 7.99. The van der Waals surface area contributed by atoms with Gasteiger partial charge in [0.2, 0.25) is 0 Å². The summed E-state index contributed by atoms with van der Waals surface area (Å²) >= 11 is 1.86. The number of nitrogens with two attached hydrogens (primary N) is 1. The molecule has 0 aliphatic carbocycles. The summed E-state index contributed by atoms with van der Waals surface area (Å²) < 4.78 is 0. The first kappa shape index (κ1) is 14.9.